The summed E-state index contributed by atoms with van der Waals surface area (Å²) in [5.41, 5.74) is 6.67. The minimum atomic E-state index is 0.386. The maximum atomic E-state index is 6.28. The highest BCUT2D eigenvalue weighted by Gasteiger charge is 2.54. The molecule has 17 heavy (non-hydrogen) atoms. The molecule has 0 radical (unpaired) electrons. The maximum absolute atomic E-state index is 6.28. The lowest BCUT2D eigenvalue weighted by Crippen LogP contribution is -2.63. The van der Waals surface area contributed by atoms with Gasteiger partial charge in [-0.1, -0.05) is 32.1 Å². The van der Waals surface area contributed by atoms with Crippen molar-refractivity contribution in [3.05, 3.63) is 0 Å². The van der Waals surface area contributed by atoms with Crippen LogP contribution in [0.4, 0.5) is 0 Å². The smallest absolute Gasteiger partial charge is 0.0661 e. The van der Waals surface area contributed by atoms with Crippen molar-refractivity contribution in [3.63, 3.8) is 0 Å². The second-order valence-electron chi connectivity index (χ2n) is 6.61. The third kappa shape index (κ3) is 2.15. The lowest BCUT2D eigenvalue weighted by molar-refractivity contribution is -0.149. The molecular weight excluding hydrogens is 210 g/mol. The summed E-state index contributed by atoms with van der Waals surface area (Å²) >= 11 is 0. The molecule has 2 unspecified atom stereocenters. The van der Waals surface area contributed by atoms with E-state index < -0.39 is 0 Å². The third-order valence-electron chi connectivity index (χ3n) is 5.64. The molecule has 0 amide bonds. The molecule has 3 saturated carbocycles. The first-order valence-electron chi connectivity index (χ1n) is 7.68. The average molecular weight is 237 g/mol. The molecule has 2 heteroatoms. The van der Waals surface area contributed by atoms with Crippen LogP contribution in [0.5, 0.6) is 0 Å². The molecule has 98 valence electrons. The topological polar surface area (TPSA) is 35.2 Å². The first-order valence-corrected chi connectivity index (χ1v) is 7.68. The van der Waals surface area contributed by atoms with Crippen molar-refractivity contribution in [3.8, 4) is 0 Å². The van der Waals surface area contributed by atoms with Gasteiger partial charge < -0.3 is 10.5 Å². The van der Waals surface area contributed by atoms with Crippen LogP contribution in [-0.2, 0) is 4.74 Å². The predicted octanol–water partition coefficient (Wildman–Crippen LogP) is 3.24. The molecule has 0 aromatic heterocycles. The van der Waals surface area contributed by atoms with Crippen LogP contribution in [0, 0.1) is 11.3 Å². The number of hydrogen-bond acceptors (Lipinski definition) is 2. The predicted molar refractivity (Wildman–Crippen MR) is 69.8 cm³/mol. The summed E-state index contributed by atoms with van der Waals surface area (Å²) in [6, 6.07) is 0.427. The summed E-state index contributed by atoms with van der Waals surface area (Å²) in [4.78, 5) is 0. The summed E-state index contributed by atoms with van der Waals surface area (Å²) in [5, 5.41) is 0. The van der Waals surface area contributed by atoms with E-state index in [4.69, 9.17) is 10.5 Å². The molecule has 3 aliphatic carbocycles. The van der Waals surface area contributed by atoms with E-state index >= 15 is 0 Å². The SMILES string of the molecule is NC1CC(OCC2CCCC2)C12CCCCC2. The third-order valence-corrected chi connectivity index (χ3v) is 5.64. The molecule has 0 aromatic carbocycles. The van der Waals surface area contributed by atoms with Crippen LogP contribution >= 0.6 is 0 Å². The lowest BCUT2D eigenvalue weighted by atomic mass is 9.55. The average Bonchev–Trinajstić information content (AvgIpc) is 2.88. The fourth-order valence-electron chi connectivity index (χ4n) is 4.34. The molecule has 0 bridgehead atoms. The minimum Gasteiger partial charge on any atom is -0.377 e. The molecule has 3 aliphatic rings. The molecule has 2 atom stereocenters. The lowest BCUT2D eigenvalue weighted by Gasteiger charge is -2.56. The van der Waals surface area contributed by atoms with Gasteiger partial charge >= 0.3 is 0 Å². The van der Waals surface area contributed by atoms with E-state index in [1.165, 1.54) is 57.8 Å². The van der Waals surface area contributed by atoms with E-state index in [2.05, 4.69) is 0 Å². The second-order valence-corrected chi connectivity index (χ2v) is 6.61. The van der Waals surface area contributed by atoms with E-state index in [9.17, 15) is 0 Å². The molecule has 3 rings (SSSR count). The van der Waals surface area contributed by atoms with Gasteiger partial charge in [0.15, 0.2) is 0 Å². The molecular formula is C15H27NO. The molecule has 3 fully saturated rings. The molecule has 0 heterocycles. The van der Waals surface area contributed by atoms with Gasteiger partial charge in [0.1, 0.15) is 0 Å². The van der Waals surface area contributed by atoms with Gasteiger partial charge in [-0.05, 0) is 38.0 Å². The van der Waals surface area contributed by atoms with E-state index in [0.717, 1.165) is 18.9 Å². The monoisotopic (exact) mass is 237 g/mol. The highest BCUT2D eigenvalue weighted by Crippen LogP contribution is 2.52. The van der Waals surface area contributed by atoms with Crippen LogP contribution < -0.4 is 5.73 Å². The Labute approximate surface area is 105 Å². The van der Waals surface area contributed by atoms with Crippen LogP contribution in [0.3, 0.4) is 0 Å². The first-order chi connectivity index (χ1) is 8.31. The van der Waals surface area contributed by atoms with Crippen molar-refractivity contribution >= 4 is 0 Å². The van der Waals surface area contributed by atoms with Gasteiger partial charge in [0, 0.05) is 18.1 Å². The van der Waals surface area contributed by atoms with E-state index in [-0.39, 0.29) is 0 Å². The zero-order chi connectivity index (χ0) is 11.7. The quantitative estimate of drug-likeness (QED) is 0.818. The molecule has 0 aliphatic heterocycles. The van der Waals surface area contributed by atoms with Crippen LogP contribution in [-0.4, -0.2) is 18.8 Å². The maximum Gasteiger partial charge on any atom is 0.0661 e. The summed E-state index contributed by atoms with van der Waals surface area (Å²) < 4.78 is 6.25. The van der Waals surface area contributed by atoms with Gasteiger partial charge in [0.2, 0.25) is 0 Å². The number of nitrogens with two attached hydrogens (primary N) is 1. The number of hydrogen-bond donors (Lipinski definition) is 1. The molecule has 1 spiro atoms. The molecule has 2 nitrogen and oxygen atoms in total. The van der Waals surface area contributed by atoms with Crippen molar-refractivity contribution in [2.45, 2.75) is 76.4 Å². The summed E-state index contributed by atoms with van der Waals surface area (Å²) in [6.45, 7) is 1.01. The molecule has 2 N–H and O–H groups in total. The van der Waals surface area contributed by atoms with Crippen molar-refractivity contribution in [1.82, 2.24) is 0 Å². The van der Waals surface area contributed by atoms with Gasteiger partial charge in [-0.15, -0.1) is 0 Å². The second kappa shape index (κ2) is 4.89. The van der Waals surface area contributed by atoms with Crippen molar-refractivity contribution in [2.24, 2.45) is 17.1 Å². The first kappa shape index (κ1) is 12.0. The van der Waals surface area contributed by atoms with E-state index in [1.54, 1.807) is 0 Å². The van der Waals surface area contributed by atoms with E-state index in [0.29, 0.717) is 17.6 Å². The minimum absolute atomic E-state index is 0.386. The Morgan fingerprint density at radius 2 is 1.71 bits per heavy atom. The number of rotatable bonds is 3. The van der Waals surface area contributed by atoms with Crippen LogP contribution in [0.2, 0.25) is 0 Å². The summed E-state index contributed by atoms with van der Waals surface area (Å²) in [6.07, 6.45) is 14.0. The summed E-state index contributed by atoms with van der Waals surface area (Å²) in [7, 11) is 0. The highest BCUT2D eigenvalue weighted by atomic mass is 16.5. The Morgan fingerprint density at radius 3 is 2.35 bits per heavy atom. The fourth-order valence-corrected chi connectivity index (χ4v) is 4.34. The summed E-state index contributed by atoms with van der Waals surface area (Å²) in [5.74, 6) is 0.854. The Morgan fingerprint density at radius 1 is 1.00 bits per heavy atom. The van der Waals surface area contributed by atoms with Crippen LogP contribution in [0.25, 0.3) is 0 Å². The number of ether oxygens (including phenoxy) is 1. The Hall–Kier alpha value is -0.0800. The zero-order valence-electron chi connectivity index (χ0n) is 11.0. The van der Waals surface area contributed by atoms with Gasteiger partial charge in [-0.3, -0.25) is 0 Å². The highest BCUT2D eigenvalue weighted by molar-refractivity contribution is 5.07. The molecule has 0 saturated heterocycles. The molecule has 0 aromatic rings. The van der Waals surface area contributed by atoms with Crippen molar-refractivity contribution in [2.75, 3.05) is 6.61 Å². The fraction of sp³-hybridized carbons (Fsp3) is 1.00. The standard InChI is InChI=1S/C15H27NO/c16-13-10-14(15(13)8-4-1-5-9-15)17-11-12-6-2-3-7-12/h12-14H,1-11,16H2. The zero-order valence-corrected chi connectivity index (χ0v) is 11.0. The van der Waals surface area contributed by atoms with Gasteiger partial charge in [0.25, 0.3) is 0 Å². The Bertz CT molecular complexity index is 254. The largest absolute Gasteiger partial charge is 0.377 e. The Kier molecular flexibility index (Phi) is 3.45. The van der Waals surface area contributed by atoms with Crippen LogP contribution in [0.1, 0.15) is 64.2 Å². The van der Waals surface area contributed by atoms with E-state index in [1.807, 2.05) is 0 Å². The normalized spacial score (nSPS) is 37.2. The van der Waals surface area contributed by atoms with Crippen molar-refractivity contribution in [1.29, 1.82) is 0 Å². The van der Waals surface area contributed by atoms with Crippen molar-refractivity contribution < 1.29 is 4.74 Å². The van der Waals surface area contributed by atoms with Gasteiger partial charge in [0.05, 0.1) is 6.10 Å². The van der Waals surface area contributed by atoms with Gasteiger partial charge in [-0.2, -0.15) is 0 Å². The Balaban J connectivity index is 1.52. The van der Waals surface area contributed by atoms with Gasteiger partial charge in [-0.25, -0.2) is 0 Å². The van der Waals surface area contributed by atoms with Crippen LogP contribution in [0.15, 0.2) is 0 Å².